The lowest BCUT2D eigenvalue weighted by atomic mass is 10.0. The molecule has 1 unspecified atom stereocenters. The molecule has 0 spiro atoms. The van der Waals surface area contributed by atoms with Crippen molar-refractivity contribution in [3.63, 3.8) is 0 Å². The first kappa shape index (κ1) is 14.1. The number of hydrogen-bond donors (Lipinski definition) is 1. The van der Waals surface area contributed by atoms with Gasteiger partial charge in [0.25, 0.3) is 0 Å². The fourth-order valence-corrected chi connectivity index (χ4v) is 3.58. The Morgan fingerprint density at radius 2 is 2.08 bits per heavy atom. The Morgan fingerprint density at radius 3 is 2.76 bits per heavy atom. The first-order valence-corrected chi connectivity index (χ1v) is 8.47. The topological polar surface area (TPSA) is 80.3 Å². The monoisotopic (exact) mass is 352 g/mol. The molecule has 0 aliphatic carbocycles. The molecule has 1 aliphatic rings. The van der Waals surface area contributed by atoms with Crippen LogP contribution in [0.4, 0.5) is 5.88 Å². The summed E-state index contributed by atoms with van der Waals surface area (Å²) in [6, 6.07) is 9.13. The molecular formula is C17H12N4O3S. The van der Waals surface area contributed by atoms with Crippen molar-refractivity contribution in [2.45, 2.75) is 6.04 Å². The summed E-state index contributed by atoms with van der Waals surface area (Å²) in [4.78, 5) is 11.5. The number of furan rings is 1. The van der Waals surface area contributed by atoms with E-state index in [1.807, 2.05) is 35.7 Å². The smallest absolute Gasteiger partial charge is 0.229 e. The minimum Gasteiger partial charge on any atom is -0.446 e. The lowest BCUT2D eigenvalue weighted by molar-refractivity contribution is 0.217. The number of aromatic amines is 1. The van der Waals surface area contributed by atoms with E-state index in [1.54, 1.807) is 41.3 Å². The summed E-state index contributed by atoms with van der Waals surface area (Å²) < 4.78 is 11.2. The third-order valence-corrected chi connectivity index (χ3v) is 4.76. The SMILES string of the molecule is c1coc(N2OC(c3cccs3)=C(c3ccn[nH]3)C2c2ncco2)c1. The van der Waals surface area contributed by atoms with Gasteiger partial charge in [-0.15, -0.1) is 11.3 Å². The molecule has 8 heteroatoms. The number of H-pyrrole nitrogens is 1. The van der Waals surface area contributed by atoms with Crippen molar-refractivity contribution in [3.05, 3.63) is 77.1 Å². The lowest BCUT2D eigenvalue weighted by Crippen LogP contribution is -2.23. The van der Waals surface area contributed by atoms with Crippen molar-refractivity contribution >= 4 is 28.6 Å². The second kappa shape index (κ2) is 5.67. The number of hydrogen-bond acceptors (Lipinski definition) is 7. The third-order valence-electron chi connectivity index (χ3n) is 3.89. The molecule has 0 saturated carbocycles. The van der Waals surface area contributed by atoms with E-state index in [4.69, 9.17) is 13.7 Å². The zero-order chi connectivity index (χ0) is 16.6. The maximum atomic E-state index is 6.20. The predicted octanol–water partition coefficient (Wildman–Crippen LogP) is 4.11. The highest BCUT2D eigenvalue weighted by Crippen LogP contribution is 2.48. The van der Waals surface area contributed by atoms with Crippen LogP contribution in [0.3, 0.4) is 0 Å². The van der Waals surface area contributed by atoms with Crippen LogP contribution in [0.5, 0.6) is 0 Å². The molecule has 1 N–H and O–H groups in total. The van der Waals surface area contributed by atoms with Gasteiger partial charge in [-0.05, 0) is 23.6 Å². The minimum absolute atomic E-state index is 0.404. The van der Waals surface area contributed by atoms with Crippen LogP contribution in [0.2, 0.25) is 0 Å². The molecule has 4 aromatic rings. The van der Waals surface area contributed by atoms with E-state index in [0.717, 1.165) is 21.9 Å². The van der Waals surface area contributed by atoms with Crippen molar-refractivity contribution < 1.29 is 13.7 Å². The van der Waals surface area contributed by atoms with Gasteiger partial charge < -0.3 is 13.7 Å². The van der Waals surface area contributed by atoms with Gasteiger partial charge in [-0.25, -0.2) is 4.98 Å². The molecule has 1 aliphatic heterocycles. The first-order valence-electron chi connectivity index (χ1n) is 7.59. The molecule has 0 fully saturated rings. The van der Waals surface area contributed by atoms with Gasteiger partial charge in [0.05, 0.1) is 28.6 Å². The number of oxazole rings is 1. The molecule has 1 atom stereocenters. The molecule has 0 aromatic carbocycles. The van der Waals surface area contributed by atoms with Crippen LogP contribution in [0.15, 0.2) is 69.5 Å². The molecule has 25 heavy (non-hydrogen) atoms. The van der Waals surface area contributed by atoms with E-state index in [9.17, 15) is 0 Å². The molecule has 0 bridgehead atoms. The summed E-state index contributed by atoms with van der Waals surface area (Å²) in [5.74, 6) is 1.79. The standard InChI is InChI=1S/C17H12N4O3S/c1-4-13(22-8-1)21-15(17-18-7-9-23-17)14(11-5-6-19-20-11)16(24-21)12-3-2-10-25-12/h1-10,15H,(H,19,20). The Hall–Kier alpha value is -3.26. The largest absolute Gasteiger partial charge is 0.446 e. The highest BCUT2D eigenvalue weighted by molar-refractivity contribution is 7.11. The number of rotatable bonds is 4. The van der Waals surface area contributed by atoms with Crippen molar-refractivity contribution in [1.82, 2.24) is 15.2 Å². The highest BCUT2D eigenvalue weighted by Gasteiger charge is 2.43. The van der Waals surface area contributed by atoms with Gasteiger partial charge in [0, 0.05) is 12.3 Å². The summed E-state index contributed by atoms with van der Waals surface area (Å²) in [5, 5.41) is 10.8. The summed E-state index contributed by atoms with van der Waals surface area (Å²) in [7, 11) is 0. The second-order valence-corrected chi connectivity index (χ2v) is 6.28. The van der Waals surface area contributed by atoms with Gasteiger partial charge in [0.2, 0.25) is 11.8 Å². The van der Waals surface area contributed by atoms with Crippen molar-refractivity contribution in [1.29, 1.82) is 0 Å². The number of hydroxylamine groups is 1. The van der Waals surface area contributed by atoms with Crippen LogP contribution < -0.4 is 5.06 Å². The van der Waals surface area contributed by atoms with Crippen LogP contribution in [0.1, 0.15) is 22.5 Å². The number of nitrogens with one attached hydrogen (secondary N) is 1. The maximum absolute atomic E-state index is 6.20. The third kappa shape index (κ3) is 2.26. The summed E-state index contributed by atoms with van der Waals surface area (Å²) in [5.41, 5.74) is 1.72. The molecule has 0 radical (unpaired) electrons. The molecule has 4 aromatic heterocycles. The molecule has 5 heterocycles. The van der Waals surface area contributed by atoms with Gasteiger partial charge in [0.1, 0.15) is 6.26 Å². The Bertz CT molecular complexity index is 973. The van der Waals surface area contributed by atoms with Gasteiger partial charge in [-0.3, -0.25) is 5.10 Å². The Labute approximate surface area is 146 Å². The Balaban J connectivity index is 1.73. The van der Waals surface area contributed by atoms with E-state index in [1.165, 1.54) is 0 Å². The number of thiophene rings is 1. The van der Waals surface area contributed by atoms with E-state index >= 15 is 0 Å². The summed E-state index contributed by atoms with van der Waals surface area (Å²) >= 11 is 1.59. The predicted molar refractivity (Wildman–Crippen MR) is 91.2 cm³/mol. The van der Waals surface area contributed by atoms with Crippen LogP contribution in [0.25, 0.3) is 11.3 Å². The summed E-state index contributed by atoms with van der Waals surface area (Å²) in [6.45, 7) is 0. The highest BCUT2D eigenvalue weighted by atomic mass is 32.1. The average molecular weight is 352 g/mol. The van der Waals surface area contributed by atoms with Crippen molar-refractivity contribution in [2.75, 3.05) is 5.06 Å². The summed E-state index contributed by atoms with van der Waals surface area (Å²) in [6.07, 6.45) is 6.47. The number of aromatic nitrogens is 3. The van der Waals surface area contributed by atoms with Gasteiger partial charge in [0.15, 0.2) is 11.8 Å². The van der Waals surface area contributed by atoms with E-state index < -0.39 is 6.04 Å². The zero-order valence-electron chi connectivity index (χ0n) is 12.8. The normalized spacial score (nSPS) is 17.3. The average Bonchev–Trinajstić information content (AvgIpc) is 3.48. The molecule has 7 nitrogen and oxygen atoms in total. The quantitative estimate of drug-likeness (QED) is 0.595. The fraction of sp³-hybridized carbons (Fsp3) is 0.0588. The van der Waals surface area contributed by atoms with Gasteiger partial charge in [-0.1, -0.05) is 6.07 Å². The van der Waals surface area contributed by atoms with Crippen LogP contribution in [0, 0.1) is 0 Å². The Morgan fingerprint density at radius 1 is 1.08 bits per heavy atom. The molecular weight excluding hydrogens is 340 g/mol. The second-order valence-electron chi connectivity index (χ2n) is 5.33. The van der Waals surface area contributed by atoms with Gasteiger partial charge in [-0.2, -0.15) is 10.2 Å². The van der Waals surface area contributed by atoms with E-state index in [-0.39, 0.29) is 0 Å². The van der Waals surface area contributed by atoms with Crippen LogP contribution >= 0.6 is 11.3 Å². The zero-order valence-corrected chi connectivity index (χ0v) is 13.6. The van der Waals surface area contributed by atoms with Gasteiger partial charge >= 0.3 is 0 Å². The number of nitrogens with zero attached hydrogens (tertiary/aromatic N) is 3. The van der Waals surface area contributed by atoms with E-state index in [0.29, 0.717) is 11.8 Å². The molecule has 0 amide bonds. The van der Waals surface area contributed by atoms with Crippen LogP contribution in [-0.2, 0) is 4.84 Å². The molecule has 5 rings (SSSR count). The molecule has 124 valence electrons. The van der Waals surface area contributed by atoms with Crippen molar-refractivity contribution in [2.24, 2.45) is 0 Å². The lowest BCUT2D eigenvalue weighted by Gasteiger charge is -2.21. The fourth-order valence-electron chi connectivity index (χ4n) is 2.86. The van der Waals surface area contributed by atoms with E-state index in [2.05, 4.69) is 15.2 Å². The van der Waals surface area contributed by atoms with Crippen molar-refractivity contribution in [3.8, 4) is 0 Å². The molecule has 0 saturated heterocycles. The van der Waals surface area contributed by atoms with Crippen LogP contribution in [-0.4, -0.2) is 15.2 Å². The minimum atomic E-state index is -0.404. The number of anilines is 1. The maximum Gasteiger partial charge on any atom is 0.229 e. The Kier molecular flexibility index (Phi) is 3.20. The first-order chi connectivity index (χ1) is 12.4.